The van der Waals surface area contributed by atoms with Gasteiger partial charge in [-0.05, 0) is 31.0 Å². The monoisotopic (exact) mass is 185 g/mol. The van der Waals surface area contributed by atoms with Gasteiger partial charge in [0.1, 0.15) is 5.58 Å². The lowest BCUT2D eigenvalue weighted by Crippen LogP contribution is -1.81. The fourth-order valence-electron chi connectivity index (χ4n) is 1.58. The van der Waals surface area contributed by atoms with Gasteiger partial charge in [0.05, 0.1) is 12.3 Å². The highest BCUT2D eigenvalue weighted by molar-refractivity contribution is 5.81. The number of benzene rings is 1. The van der Waals surface area contributed by atoms with Crippen molar-refractivity contribution >= 4 is 11.0 Å². The molecule has 0 unspecified atom stereocenters. The van der Waals surface area contributed by atoms with Gasteiger partial charge in [0, 0.05) is 11.8 Å². The van der Waals surface area contributed by atoms with E-state index in [2.05, 4.69) is 19.1 Å². The first-order valence-corrected chi connectivity index (χ1v) is 4.65. The van der Waals surface area contributed by atoms with Gasteiger partial charge in [-0.25, -0.2) is 0 Å². The molecule has 0 N–H and O–H groups in total. The Morgan fingerprint density at radius 3 is 3.07 bits per heavy atom. The van der Waals surface area contributed by atoms with Gasteiger partial charge in [-0.2, -0.15) is 5.26 Å². The maximum atomic E-state index is 8.51. The number of rotatable bonds is 2. The third-order valence-corrected chi connectivity index (χ3v) is 2.32. The molecule has 70 valence electrons. The van der Waals surface area contributed by atoms with Crippen molar-refractivity contribution in [2.24, 2.45) is 0 Å². The first-order chi connectivity index (χ1) is 6.81. The molecule has 2 nitrogen and oxygen atoms in total. The van der Waals surface area contributed by atoms with Crippen molar-refractivity contribution in [3.8, 4) is 6.07 Å². The van der Waals surface area contributed by atoms with Crippen LogP contribution in [0.25, 0.3) is 11.0 Å². The summed E-state index contributed by atoms with van der Waals surface area (Å²) >= 11 is 0. The molecule has 2 heteroatoms. The van der Waals surface area contributed by atoms with E-state index in [0.717, 1.165) is 23.0 Å². The quantitative estimate of drug-likeness (QED) is 0.720. The highest BCUT2D eigenvalue weighted by Gasteiger charge is 2.04. The topological polar surface area (TPSA) is 36.9 Å². The molecule has 1 heterocycles. The van der Waals surface area contributed by atoms with E-state index in [-0.39, 0.29) is 0 Å². The molecule has 0 aliphatic heterocycles. The molecule has 0 radical (unpaired) electrons. The van der Waals surface area contributed by atoms with Gasteiger partial charge in [-0.3, -0.25) is 0 Å². The molecular formula is C12H11NO. The fourth-order valence-corrected chi connectivity index (χ4v) is 1.58. The van der Waals surface area contributed by atoms with E-state index >= 15 is 0 Å². The Hall–Kier alpha value is -1.75. The van der Waals surface area contributed by atoms with Gasteiger partial charge in [-0.15, -0.1) is 0 Å². The third-order valence-electron chi connectivity index (χ3n) is 2.32. The predicted octanol–water partition coefficient (Wildman–Crippen LogP) is 3.20. The van der Waals surface area contributed by atoms with Gasteiger partial charge in [0.15, 0.2) is 0 Å². The van der Waals surface area contributed by atoms with Gasteiger partial charge >= 0.3 is 0 Å². The van der Waals surface area contributed by atoms with E-state index in [9.17, 15) is 0 Å². The summed E-state index contributed by atoms with van der Waals surface area (Å²) in [6, 6.07) is 8.25. The Bertz CT molecular complexity index is 490. The van der Waals surface area contributed by atoms with Crippen LogP contribution >= 0.6 is 0 Å². The lowest BCUT2D eigenvalue weighted by Gasteiger charge is -1.94. The zero-order valence-electron chi connectivity index (χ0n) is 8.08. The highest BCUT2D eigenvalue weighted by Crippen LogP contribution is 2.23. The minimum atomic E-state index is 0.544. The molecular weight excluding hydrogens is 174 g/mol. The SMILES string of the molecule is Cc1ccc2occ(CCC#N)c2c1. The molecule has 0 bridgehead atoms. The maximum Gasteiger partial charge on any atom is 0.134 e. The molecule has 0 amide bonds. The van der Waals surface area contributed by atoms with E-state index in [4.69, 9.17) is 9.68 Å². The van der Waals surface area contributed by atoms with Crippen molar-refractivity contribution in [3.05, 3.63) is 35.6 Å². The lowest BCUT2D eigenvalue weighted by atomic mass is 10.1. The fraction of sp³-hybridized carbons (Fsp3) is 0.250. The highest BCUT2D eigenvalue weighted by atomic mass is 16.3. The molecule has 2 aromatic rings. The Morgan fingerprint density at radius 2 is 2.29 bits per heavy atom. The molecule has 1 aromatic heterocycles. The van der Waals surface area contributed by atoms with Crippen LogP contribution in [0, 0.1) is 18.3 Å². The first-order valence-electron chi connectivity index (χ1n) is 4.65. The Kier molecular flexibility index (Phi) is 2.24. The van der Waals surface area contributed by atoms with Crippen LogP contribution in [0.3, 0.4) is 0 Å². The van der Waals surface area contributed by atoms with Crippen molar-refractivity contribution in [2.45, 2.75) is 19.8 Å². The van der Waals surface area contributed by atoms with Crippen LogP contribution in [0.2, 0.25) is 0 Å². The van der Waals surface area contributed by atoms with Crippen molar-refractivity contribution in [2.75, 3.05) is 0 Å². The molecule has 0 fully saturated rings. The smallest absolute Gasteiger partial charge is 0.134 e. The zero-order chi connectivity index (χ0) is 9.97. The lowest BCUT2D eigenvalue weighted by molar-refractivity contribution is 0.610. The number of nitrogens with zero attached hydrogens (tertiary/aromatic N) is 1. The maximum absolute atomic E-state index is 8.51. The molecule has 0 atom stereocenters. The van der Waals surface area contributed by atoms with Crippen LogP contribution in [0.5, 0.6) is 0 Å². The van der Waals surface area contributed by atoms with Crippen LogP contribution in [0.15, 0.2) is 28.9 Å². The molecule has 0 saturated heterocycles. The van der Waals surface area contributed by atoms with Crippen molar-refractivity contribution < 1.29 is 4.42 Å². The molecule has 0 spiro atoms. The van der Waals surface area contributed by atoms with Crippen molar-refractivity contribution in [3.63, 3.8) is 0 Å². The summed E-state index contributed by atoms with van der Waals surface area (Å²) in [6.07, 6.45) is 3.07. The number of fused-ring (bicyclic) bond motifs is 1. The summed E-state index contributed by atoms with van der Waals surface area (Å²) < 4.78 is 5.39. The van der Waals surface area contributed by atoms with Crippen LogP contribution < -0.4 is 0 Å². The van der Waals surface area contributed by atoms with Crippen molar-refractivity contribution in [1.82, 2.24) is 0 Å². The molecule has 1 aromatic carbocycles. The summed E-state index contributed by atoms with van der Waals surface area (Å²) in [5, 5.41) is 9.65. The second-order valence-corrected chi connectivity index (χ2v) is 3.42. The van der Waals surface area contributed by atoms with Crippen LogP contribution in [0.1, 0.15) is 17.5 Å². The largest absolute Gasteiger partial charge is 0.464 e. The van der Waals surface area contributed by atoms with Crippen LogP contribution in [-0.4, -0.2) is 0 Å². The van der Waals surface area contributed by atoms with E-state index < -0.39 is 0 Å². The average Bonchev–Trinajstić information content (AvgIpc) is 2.57. The molecule has 0 aliphatic carbocycles. The normalized spacial score (nSPS) is 10.3. The third kappa shape index (κ3) is 1.49. The van der Waals surface area contributed by atoms with Gasteiger partial charge in [-0.1, -0.05) is 11.6 Å². The van der Waals surface area contributed by atoms with Crippen LogP contribution in [-0.2, 0) is 6.42 Å². The van der Waals surface area contributed by atoms with Gasteiger partial charge in [0.2, 0.25) is 0 Å². The van der Waals surface area contributed by atoms with Gasteiger partial charge in [0.25, 0.3) is 0 Å². The predicted molar refractivity (Wildman–Crippen MR) is 54.9 cm³/mol. The van der Waals surface area contributed by atoms with Crippen molar-refractivity contribution in [1.29, 1.82) is 5.26 Å². The zero-order valence-corrected chi connectivity index (χ0v) is 8.08. The molecule has 0 saturated carbocycles. The minimum Gasteiger partial charge on any atom is -0.464 e. The molecule has 2 rings (SSSR count). The van der Waals surface area contributed by atoms with E-state index in [1.807, 2.05) is 12.1 Å². The standard InChI is InChI=1S/C12H11NO/c1-9-4-5-12-11(7-9)10(8-14-12)3-2-6-13/h4-5,7-8H,2-3H2,1H3. The summed E-state index contributed by atoms with van der Waals surface area (Å²) in [5.41, 5.74) is 3.26. The Morgan fingerprint density at radius 1 is 1.43 bits per heavy atom. The second kappa shape index (κ2) is 3.55. The number of aryl methyl sites for hydroxylation is 2. The summed E-state index contributed by atoms with van der Waals surface area (Å²) in [6.45, 7) is 2.06. The first kappa shape index (κ1) is 8.83. The molecule has 0 aliphatic rings. The number of hydrogen-bond acceptors (Lipinski definition) is 2. The average molecular weight is 185 g/mol. The number of furan rings is 1. The Labute approximate surface area is 82.8 Å². The summed E-state index contributed by atoms with van der Waals surface area (Å²) in [5.74, 6) is 0. The van der Waals surface area contributed by atoms with E-state index in [1.165, 1.54) is 5.56 Å². The van der Waals surface area contributed by atoms with E-state index in [1.54, 1.807) is 6.26 Å². The second-order valence-electron chi connectivity index (χ2n) is 3.42. The molecule has 14 heavy (non-hydrogen) atoms. The number of nitriles is 1. The number of hydrogen-bond donors (Lipinski definition) is 0. The minimum absolute atomic E-state index is 0.544. The Balaban J connectivity index is 2.46. The van der Waals surface area contributed by atoms with E-state index in [0.29, 0.717) is 6.42 Å². The van der Waals surface area contributed by atoms with Crippen LogP contribution in [0.4, 0.5) is 0 Å². The summed E-state index contributed by atoms with van der Waals surface area (Å²) in [7, 11) is 0. The summed E-state index contributed by atoms with van der Waals surface area (Å²) in [4.78, 5) is 0. The van der Waals surface area contributed by atoms with Gasteiger partial charge < -0.3 is 4.42 Å².